The molecule has 4 rings (SSSR count). The molecule has 2 aromatic rings. The van der Waals surface area contributed by atoms with E-state index in [4.69, 9.17) is 9.97 Å². The molecule has 1 atom stereocenters. The molecule has 2 aliphatic heterocycles. The lowest BCUT2D eigenvalue weighted by molar-refractivity contribution is 0.193. The van der Waals surface area contributed by atoms with Crippen molar-refractivity contribution in [2.24, 2.45) is 7.05 Å². The molecule has 0 bridgehead atoms. The second-order valence-corrected chi connectivity index (χ2v) is 7.47. The van der Waals surface area contributed by atoms with Crippen LogP contribution in [-0.4, -0.2) is 50.6 Å². The number of hydrogen-bond acceptors (Lipinski definition) is 5. The number of aromatic nitrogens is 4. The number of rotatable bonds is 4. The first kappa shape index (κ1) is 16.5. The molecule has 0 aromatic carbocycles. The topological polar surface area (TPSA) is 50.1 Å². The van der Waals surface area contributed by atoms with E-state index in [1.165, 1.54) is 31.5 Å². The second-order valence-electron chi connectivity index (χ2n) is 7.47. The zero-order valence-electron chi connectivity index (χ0n) is 15.4. The minimum atomic E-state index is 0.521. The van der Waals surface area contributed by atoms with E-state index in [-0.39, 0.29) is 0 Å². The highest BCUT2D eigenvalue weighted by Gasteiger charge is 2.25. The highest BCUT2D eigenvalue weighted by atomic mass is 15.3. The Morgan fingerprint density at radius 3 is 2.72 bits per heavy atom. The van der Waals surface area contributed by atoms with Crippen molar-refractivity contribution in [2.75, 3.05) is 31.1 Å². The van der Waals surface area contributed by atoms with Crippen molar-refractivity contribution in [3.05, 3.63) is 35.7 Å². The van der Waals surface area contributed by atoms with E-state index in [1.54, 1.807) is 0 Å². The van der Waals surface area contributed by atoms with Crippen LogP contribution < -0.4 is 4.90 Å². The van der Waals surface area contributed by atoms with Crippen LogP contribution in [0, 0.1) is 6.92 Å². The molecule has 6 nitrogen and oxygen atoms in total. The van der Waals surface area contributed by atoms with E-state index in [0.717, 1.165) is 50.1 Å². The van der Waals surface area contributed by atoms with Gasteiger partial charge < -0.3 is 9.47 Å². The third kappa shape index (κ3) is 3.68. The minimum Gasteiger partial charge on any atom is -0.341 e. The van der Waals surface area contributed by atoms with Crippen molar-refractivity contribution >= 4 is 5.95 Å². The summed E-state index contributed by atoms with van der Waals surface area (Å²) in [6, 6.07) is 2.06. The van der Waals surface area contributed by atoms with E-state index >= 15 is 0 Å². The van der Waals surface area contributed by atoms with Crippen molar-refractivity contribution in [1.82, 2.24) is 24.4 Å². The Bertz CT molecular complexity index is 718. The number of aryl methyl sites for hydroxylation is 2. The van der Waals surface area contributed by atoms with E-state index < -0.39 is 0 Å². The Morgan fingerprint density at radius 1 is 1.12 bits per heavy atom. The van der Waals surface area contributed by atoms with Gasteiger partial charge in [-0.2, -0.15) is 0 Å². The molecular formula is C19H28N6. The lowest BCUT2D eigenvalue weighted by atomic mass is 9.97. The standard InChI is InChI=1S/C19H28N6/c1-15-12-23(2)18(21-15)16-6-5-9-24(13-16)14-17-7-8-20-19(22-17)25-10-3-4-11-25/h7-8,12,16H,3-6,9-11,13-14H2,1-2H3/t16-/m0/s1. The average Bonchev–Trinajstić information content (AvgIpc) is 3.25. The van der Waals surface area contributed by atoms with Gasteiger partial charge >= 0.3 is 0 Å². The number of imidazole rings is 1. The first-order valence-electron chi connectivity index (χ1n) is 9.48. The Labute approximate surface area is 149 Å². The van der Waals surface area contributed by atoms with Crippen LogP contribution in [0.25, 0.3) is 0 Å². The Hall–Kier alpha value is -1.95. The number of likely N-dealkylation sites (tertiary alicyclic amines) is 1. The summed E-state index contributed by atoms with van der Waals surface area (Å²) in [5, 5.41) is 0. The first-order valence-corrected chi connectivity index (χ1v) is 9.48. The number of piperidine rings is 1. The predicted molar refractivity (Wildman–Crippen MR) is 98.7 cm³/mol. The van der Waals surface area contributed by atoms with Crippen LogP contribution in [0.3, 0.4) is 0 Å². The van der Waals surface area contributed by atoms with Gasteiger partial charge in [0.15, 0.2) is 0 Å². The number of hydrogen-bond donors (Lipinski definition) is 0. The van der Waals surface area contributed by atoms with E-state index in [1.807, 2.05) is 6.20 Å². The molecule has 6 heteroatoms. The van der Waals surface area contributed by atoms with E-state index in [2.05, 4.69) is 45.6 Å². The molecule has 25 heavy (non-hydrogen) atoms. The van der Waals surface area contributed by atoms with Crippen LogP contribution in [0.15, 0.2) is 18.5 Å². The van der Waals surface area contributed by atoms with Gasteiger partial charge in [0.1, 0.15) is 5.82 Å². The molecule has 134 valence electrons. The maximum absolute atomic E-state index is 4.82. The maximum atomic E-state index is 4.82. The Morgan fingerprint density at radius 2 is 1.96 bits per heavy atom. The van der Waals surface area contributed by atoms with Crippen LogP contribution >= 0.6 is 0 Å². The molecule has 0 saturated carbocycles. The molecule has 2 aromatic heterocycles. The van der Waals surface area contributed by atoms with Gasteiger partial charge in [-0.1, -0.05) is 0 Å². The highest BCUT2D eigenvalue weighted by Crippen LogP contribution is 2.27. The van der Waals surface area contributed by atoms with Crippen LogP contribution in [-0.2, 0) is 13.6 Å². The maximum Gasteiger partial charge on any atom is 0.225 e. The van der Waals surface area contributed by atoms with Crippen LogP contribution in [0.5, 0.6) is 0 Å². The quantitative estimate of drug-likeness (QED) is 0.856. The Balaban J connectivity index is 1.44. The molecule has 0 spiro atoms. The molecular weight excluding hydrogens is 312 g/mol. The third-order valence-electron chi connectivity index (χ3n) is 5.38. The Kier molecular flexibility index (Phi) is 4.70. The predicted octanol–water partition coefficient (Wildman–Crippen LogP) is 2.50. The summed E-state index contributed by atoms with van der Waals surface area (Å²) >= 11 is 0. The van der Waals surface area contributed by atoms with Crippen molar-refractivity contribution in [3.8, 4) is 0 Å². The first-order chi connectivity index (χ1) is 12.2. The summed E-state index contributed by atoms with van der Waals surface area (Å²) in [7, 11) is 2.11. The molecule has 0 amide bonds. The van der Waals surface area contributed by atoms with Gasteiger partial charge in [-0.25, -0.2) is 15.0 Å². The fourth-order valence-electron chi connectivity index (χ4n) is 4.20. The van der Waals surface area contributed by atoms with Crippen molar-refractivity contribution in [1.29, 1.82) is 0 Å². The molecule has 0 N–H and O–H groups in total. The fourth-order valence-corrected chi connectivity index (χ4v) is 4.20. The lowest BCUT2D eigenvalue weighted by Gasteiger charge is -2.32. The van der Waals surface area contributed by atoms with Crippen LogP contribution in [0.4, 0.5) is 5.95 Å². The number of nitrogens with zero attached hydrogens (tertiary/aromatic N) is 6. The monoisotopic (exact) mass is 340 g/mol. The minimum absolute atomic E-state index is 0.521. The highest BCUT2D eigenvalue weighted by molar-refractivity contribution is 5.31. The van der Waals surface area contributed by atoms with Gasteiger partial charge in [0.2, 0.25) is 5.95 Å². The van der Waals surface area contributed by atoms with E-state index in [9.17, 15) is 0 Å². The zero-order chi connectivity index (χ0) is 17.2. The average molecular weight is 340 g/mol. The van der Waals surface area contributed by atoms with Gasteiger partial charge in [0.05, 0.1) is 11.4 Å². The molecule has 0 unspecified atom stereocenters. The zero-order valence-corrected chi connectivity index (χ0v) is 15.4. The summed E-state index contributed by atoms with van der Waals surface area (Å²) in [6.45, 7) is 7.37. The van der Waals surface area contributed by atoms with Crippen molar-refractivity contribution in [3.63, 3.8) is 0 Å². The van der Waals surface area contributed by atoms with Gasteiger partial charge in [-0.15, -0.1) is 0 Å². The van der Waals surface area contributed by atoms with Crippen LogP contribution in [0.2, 0.25) is 0 Å². The summed E-state index contributed by atoms with van der Waals surface area (Å²) in [6.07, 6.45) is 9.00. The molecule has 2 aliphatic rings. The van der Waals surface area contributed by atoms with Crippen LogP contribution in [0.1, 0.15) is 48.8 Å². The van der Waals surface area contributed by atoms with Gasteiger partial charge in [-0.3, -0.25) is 4.90 Å². The molecule has 4 heterocycles. The molecule has 2 fully saturated rings. The summed E-state index contributed by atoms with van der Waals surface area (Å²) < 4.78 is 2.19. The fraction of sp³-hybridized carbons (Fsp3) is 0.632. The smallest absolute Gasteiger partial charge is 0.225 e. The molecule has 2 saturated heterocycles. The van der Waals surface area contributed by atoms with Crippen molar-refractivity contribution < 1.29 is 0 Å². The lowest BCUT2D eigenvalue weighted by Crippen LogP contribution is -2.35. The molecule has 0 aliphatic carbocycles. The van der Waals surface area contributed by atoms with Crippen molar-refractivity contribution in [2.45, 2.75) is 45.1 Å². The second kappa shape index (κ2) is 7.12. The molecule has 0 radical (unpaired) electrons. The van der Waals surface area contributed by atoms with Gasteiger partial charge in [0, 0.05) is 51.5 Å². The third-order valence-corrected chi connectivity index (χ3v) is 5.38. The summed E-state index contributed by atoms with van der Waals surface area (Å²) in [5.41, 5.74) is 2.24. The number of anilines is 1. The largest absolute Gasteiger partial charge is 0.341 e. The summed E-state index contributed by atoms with van der Waals surface area (Å²) in [5.74, 6) is 2.65. The SMILES string of the molecule is Cc1cn(C)c([C@H]2CCCN(Cc3ccnc(N4CCCC4)n3)C2)n1. The van der Waals surface area contributed by atoms with Gasteiger partial charge in [-0.05, 0) is 45.2 Å². The normalized spacial score (nSPS) is 21.8. The van der Waals surface area contributed by atoms with Gasteiger partial charge in [0.25, 0.3) is 0 Å². The van der Waals surface area contributed by atoms with E-state index in [0.29, 0.717) is 5.92 Å². The summed E-state index contributed by atoms with van der Waals surface area (Å²) in [4.78, 5) is 18.9.